The molecule has 47 heavy (non-hydrogen) atoms. The van der Waals surface area contributed by atoms with Gasteiger partial charge in [0.05, 0.1) is 18.4 Å². The first kappa shape index (κ1) is 34.2. The number of nitrogens with one attached hydrogen (secondary N) is 2. The molecule has 0 bridgehead atoms. The Morgan fingerprint density at radius 1 is 1.15 bits per heavy atom. The highest BCUT2D eigenvalue weighted by Gasteiger charge is 2.23. The van der Waals surface area contributed by atoms with Crippen LogP contribution >= 0.6 is 0 Å². The number of rotatable bonds is 14. The summed E-state index contributed by atoms with van der Waals surface area (Å²) in [7, 11) is 3.64. The second-order valence-corrected chi connectivity index (χ2v) is 12.5. The molecule has 0 spiro atoms. The molecule has 254 valence electrons. The number of aliphatic hydroxyl groups is 1. The molecule has 2 aliphatic rings. The van der Waals surface area contributed by atoms with Crippen molar-refractivity contribution in [1.82, 2.24) is 20.1 Å². The van der Waals surface area contributed by atoms with E-state index in [4.69, 9.17) is 13.9 Å². The molecule has 5 rings (SSSR count). The molecule has 12 heteroatoms. The number of aliphatic hydroxyl groups excluding tert-OH is 1. The molecule has 0 aliphatic carbocycles. The zero-order valence-corrected chi connectivity index (χ0v) is 28.0. The van der Waals surface area contributed by atoms with E-state index in [9.17, 15) is 14.7 Å². The molecule has 1 saturated heterocycles. The van der Waals surface area contributed by atoms with E-state index in [0.29, 0.717) is 45.0 Å². The summed E-state index contributed by atoms with van der Waals surface area (Å²) >= 11 is 0. The van der Waals surface area contributed by atoms with Gasteiger partial charge in [-0.3, -0.25) is 14.5 Å². The van der Waals surface area contributed by atoms with Crippen LogP contribution in [0.3, 0.4) is 0 Å². The number of aromatic nitrogens is 1. The maximum Gasteiger partial charge on any atom is 0.251 e. The third kappa shape index (κ3) is 9.46. The fourth-order valence-corrected chi connectivity index (χ4v) is 6.10. The fraction of sp³-hybridized carbons (Fsp3) is 0.514. The number of hydrogen-bond donors (Lipinski definition) is 3. The summed E-state index contributed by atoms with van der Waals surface area (Å²) in [5, 5.41) is 17.4. The molecule has 1 fully saturated rings. The van der Waals surface area contributed by atoms with Gasteiger partial charge in [0.2, 0.25) is 5.91 Å². The number of amides is 2. The number of aryl methyl sites for hydroxylation is 1. The number of carbonyl (C=O) groups is 2. The zero-order chi connectivity index (χ0) is 33.3. The lowest BCUT2D eigenvalue weighted by molar-refractivity contribution is -0.129. The summed E-state index contributed by atoms with van der Waals surface area (Å²) in [6, 6.07) is 12.1. The Labute approximate surface area is 277 Å². The van der Waals surface area contributed by atoms with Gasteiger partial charge in [0.25, 0.3) is 5.91 Å². The van der Waals surface area contributed by atoms with E-state index in [1.165, 1.54) is 17.5 Å². The summed E-state index contributed by atoms with van der Waals surface area (Å²) in [5.74, 6) is 1.38. The number of anilines is 2. The van der Waals surface area contributed by atoms with Crippen molar-refractivity contribution >= 4 is 23.2 Å². The van der Waals surface area contributed by atoms with Gasteiger partial charge in [-0.15, -0.1) is 0 Å². The van der Waals surface area contributed by atoms with Crippen LogP contribution in [0.1, 0.15) is 52.7 Å². The quantitative estimate of drug-likeness (QED) is 0.239. The molecule has 12 nitrogen and oxygen atoms in total. The first-order valence-electron chi connectivity index (χ1n) is 16.4. The van der Waals surface area contributed by atoms with E-state index in [-0.39, 0.29) is 24.4 Å². The van der Waals surface area contributed by atoms with Gasteiger partial charge in [0, 0.05) is 89.9 Å². The summed E-state index contributed by atoms with van der Waals surface area (Å²) < 4.78 is 16.5. The van der Waals surface area contributed by atoms with E-state index in [1.807, 2.05) is 43.1 Å². The molecule has 0 saturated carbocycles. The summed E-state index contributed by atoms with van der Waals surface area (Å²) in [4.78, 5) is 35.3. The topological polar surface area (TPSA) is 133 Å². The van der Waals surface area contributed by atoms with Crippen molar-refractivity contribution in [3.8, 4) is 5.75 Å². The number of carbonyl (C=O) groups excluding carboxylic acids is 2. The number of fused-ring (bicyclic) bond motifs is 1. The van der Waals surface area contributed by atoms with E-state index < -0.39 is 6.10 Å². The van der Waals surface area contributed by atoms with Crippen molar-refractivity contribution in [3.05, 3.63) is 70.9 Å². The van der Waals surface area contributed by atoms with Gasteiger partial charge in [-0.05, 0) is 67.6 Å². The highest BCUT2D eigenvalue weighted by molar-refractivity contribution is 5.96. The largest absolute Gasteiger partial charge is 0.486 e. The highest BCUT2D eigenvalue weighted by atomic mass is 16.5. The lowest BCUT2D eigenvalue weighted by Gasteiger charge is -2.32. The van der Waals surface area contributed by atoms with Crippen LogP contribution in [0.5, 0.6) is 5.75 Å². The maximum atomic E-state index is 13.4. The van der Waals surface area contributed by atoms with Gasteiger partial charge in [-0.2, -0.15) is 0 Å². The Kier molecular flexibility index (Phi) is 11.7. The van der Waals surface area contributed by atoms with Crippen molar-refractivity contribution in [1.29, 1.82) is 0 Å². The van der Waals surface area contributed by atoms with Crippen molar-refractivity contribution in [2.75, 3.05) is 70.2 Å². The maximum absolute atomic E-state index is 13.4. The standard InChI is InChI=1S/C35H48N6O6/c1-24-34(47-23-37-24)22-46-33-6-5-27-20-40(10-7-26(27)17-33)21-32(43)19-36-35(44)28-15-30(18-31(16-28)39(3)13-14-45-4)38-29-8-11-41(12-9-29)25(2)42/h5-6,15-18,23,29,32,38,43H,7-14,19-22H2,1-4H3,(H,36,44)/t32-/m0/s1. The van der Waals surface area contributed by atoms with Crippen LogP contribution in [0.15, 0.2) is 47.2 Å². The van der Waals surface area contributed by atoms with Crippen LogP contribution in [-0.2, 0) is 29.1 Å². The average Bonchev–Trinajstić information content (AvgIpc) is 3.49. The Bertz CT molecular complexity index is 1500. The van der Waals surface area contributed by atoms with Gasteiger partial charge in [0.15, 0.2) is 12.2 Å². The van der Waals surface area contributed by atoms with Crippen LogP contribution in [-0.4, -0.2) is 104 Å². The van der Waals surface area contributed by atoms with E-state index in [2.05, 4.69) is 37.6 Å². The Morgan fingerprint density at radius 3 is 2.68 bits per heavy atom. The zero-order valence-electron chi connectivity index (χ0n) is 28.0. The van der Waals surface area contributed by atoms with Gasteiger partial charge < -0.3 is 39.4 Å². The summed E-state index contributed by atoms with van der Waals surface area (Å²) in [6.45, 7) is 8.62. The molecule has 1 aromatic heterocycles. The predicted molar refractivity (Wildman–Crippen MR) is 180 cm³/mol. The third-order valence-corrected chi connectivity index (χ3v) is 9.01. The van der Waals surface area contributed by atoms with Gasteiger partial charge in [-0.25, -0.2) is 4.98 Å². The Hall–Kier alpha value is -4.13. The van der Waals surface area contributed by atoms with Gasteiger partial charge in [0.1, 0.15) is 12.4 Å². The monoisotopic (exact) mass is 648 g/mol. The highest BCUT2D eigenvalue weighted by Crippen LogP contribution is 2.26. The molecular weight excluding hydrogens is 600 g/mol. The van der Waals surface area contributed by atoms with Crippen LogP contribution in [0, 0.1) is 6.92 Å². The number of hydrogen-bond acceptors (Lipinski definition) is 10. The molecular formula is C35H48N6O6. The molecule has 0 radical (unpaired) electrons. The molecule has 3 heterocycles. The van der Waals surface area contributed by atoms with Crippen LogP contribution < -0.4 is 20.3 Å². The number of piperidine rings is 1. The average molecular weight is 649 g/mol. The van der Waals surface area contributed by atoms with Gasteiger partial charge in [-0.1, -0.05) is 6.07 Å². The number of ether oxygens (including phenoxy) is 2. The van der Waals surface area contributed by atoms with Crippen LogP contribution in [0.2, 0.25) is 0 Å². The summed E-state index contributed by atoms with van der Waals surface area (Å²) in [6.07, 6.45) is 3.24. The smallest absolute Gasteiger partial charge is 0.251 e. The molecule has 2 amide bonds. The second-order valence-electron chi connectivity index (χ2n) is 12.5. The van der Waals surface area contributed by atoms with E-state index >= 15 is 0 Å². The molecule has 0 unspecified atom stereocenters. The Morgan fingerprint density at radius 2 is 1.96 bits per heavy atom. The molecule has 2 aromatic carbocycles. The van der Waals surface area contributed by atoms with Crippen molar-refractivity contribution in [2.24, 2.45) is 0 Å². The van der Waals surface area contributed by atoms with Crippen molar-refractivity contribution < 1.29 is 28.6 Å². The SMILES string of the molecule is COCCN(C)c1cc(NC2CCN(C(C)=O)CC2)cc(C(=O)NC[C@H](O)CN2CCc3cc(OCc4ocnc4C)ccc3C2)c1. The first-order chi connectivity index (χ1) is 22.7. The second kappa shape index (κ2) is 16.1. The normalized spacial score (nSPS) is 16.0. The van der Waals surface area contributed by atoms with E-state index in [1.54, 1.807) is 14.0 Å². The molecule has 2 aliphatic heterocycles. The lowest BCUT2D eigenvalue weighted by Crippen LogP contribution is -2.42. The van der Waals surface area contributed by atoms with E-state index in [0.717, 1.165) is 60.9 Å². The first-order valence-corrected chi connectivity index (χ1v) is 16.4. The van der Waals surface area contributed by atoms with Crippen LogP contribution in [0.4, 0.5) is 11.4 Å². The molecule has 1 atom stereocenters. The predicted octanol–water partition coefficient (Wildman–Crippen LogP) is 3.22. The van der Waals surface area contributed by atoms with Gasteiger partial charge >= 0.3 is 0 Å². The molecule has 3 N–H and O–H groups in total. The minimum atomic E-state index is -0.718. The molecule has 3 aromatic rings. The Balaban J connectivity index is 1.14. The number of methoxy groups -OCH3 is 1. The number of β-amino-alcohol motifs (C(OH)–C–C–N with tert-alkyl or cyclic N) is 1. The third-order valence-electron chi connectivity index (χ3n) is 9.01. The lowest BCUT2D eigenvalue weighted by atomic mass is 9.99. The number of nitrogens with zero attached hydrogens (tertiary/aromatic N) is 4. The van der Waals surface area contributed by atoms with Crippen LogP contribution in [0.25, 0.3) is 0 Å². The summed E-state index contributed by atoms with van der Waals surface area (Å²) in [5.41, 5.74) is 5.54. The van der Waals surface area contributed by atoms with Crippen molar-refractivity contribution in [2.45, 2.75) is 58.4 Å². The minimum Gasteiger partial charge on any atom is -0.486 e. The number of likely N-dealkylation sites (tertiary alicyclic amines) is 1. The van der Waals surface area contributed by atoms with Crippen molar-refractivity contribution in [3.63, 3.8) is 0 Å². The number of oxazole rings is 1. The number of likely N-dealkylation sites (N-methyl/N-ethyl adjacent to an activating group) is 1. The number of benzene rings is 2. The fourth-order valence-electron chi connectivity index (χ4n) is 6.10. The minimum absolute atomic E-state index is 0.103.